The molecular formula is C26H29N4NaO7S. The van der Waals surface area contributed by atoms with Crippen molar-refractivity contribution in [3.05, 3.63) is 52.3 Å². The third-order valence-corrected chi connectivity index (χ3v) is 8.79. The van der Waals surface area contributed by atoms with E-state index in [0.717, 1.165) is 0 Å². The normalized spacial score (nSPS) is 21.7. The summed E-state index contributed by atoms with van der Waals surface area (Å²) in [7, 11) is 1.64. The first-order valence-corrected chi connectivity index (χ1v) is 12.8. The van der Waals surface area contributed by atoms with Gasteiger partial charge in [-0.15, -0.1) is 17.5 Å². The predicted molar refractivity (Wildman–Crippen MR) is 137 cm³/mol. The summed E-state index contributed by atoms with van der Waals surface area (Å²) in [5, 5.41) is 26.1. The number of aliphatic carboxylic acids is 1. The van der Waals surface area contributed by atoms with Gasteiger partial charge in [0.05, 0.1) is 0 Å². The van der Waals surface area contributed by atoms with Gasteiger partial charge in [0.2, 0.25) is 11.8 Å². The minimum Gasteiger partial charge on any atom is -0.872 e. The molecule has 3 heterocycles. The molecule has 2 aromatic rings. The first-order valence-electron chi connectivity index (χ1n) is 11.9. The van der Waals surface area contributed by atoms with Crippen LogP contribution in [0.25, 0.3) is 0 Å². The SMILES string of the molecule is CC(=O)c1c(C)c(C(=O)NC(C(=O)N[C@@H]2C(=O)N3[C@@H]2SC(C)(C)[C@@H]3C(=O)O)c2ccc([O-])cc2)n(C)c1C.[Na+]. The van der Waals surface area contributed by atoms with Crippen LogP contribution in [0.5, 0.6) is 5.75 Å². The maximum atomic E-state index is 13.5. The second-order valence-corrected chi connectivity index (χ2v) is 11.9. The summed E-state index contributed by atoms with van der Waals surface area (Å²) in [5.41, 5.74) is 2.01. The van der Waals surface area contributed by atoms with Crippen LogP contribution in [0, 0.1) is 13.8 Å². The molecule has 1 aromatic heterocycles. The first kappa shape index (κ1) is 30.7. The van der Waals surface area contributed by atoms with Crippen molar-refractivity contribution in [1.82, 2.24) is 20.1 Å². The van der Waals surface area contributed by atoms with E-state index in [0.29, 0.717) is 22.4 Å². The Morgan fingerprint density at radius 3 is 2.23 bits per heavy atom. The zero-order valence-electron chi connectivity index (χ0n) is 22.8. The van der Waals surface area contributed by atoms with Crippen LogP contribution in [-0.2, 0) is 21.4 Å². The number of nitrogens with one attached hydrogen (secondary N) is 2. The summed E-state index contributed by atoms with van der Waals surface area (Å²) in [6.07, 6.45) is 0. The van der Waals surface area contributed by atoms with Gasteiger partial charge in [0.1, 0.15) is 29.2 Å². The van der Waals surface area contributed by atoms with E-state index >= 15 is 0 Å². The molecule has 13 heteroatoms. The van der Waals surface area contributed by atoms with Gasteiger partial charge in [0.15, 0.2) is 5.78 Å². The number of aromatic nitrogens is 1. The Morgan fingerprint density at radius 2 is 1.72 bits per heavy atom. The molecule has 0 bridgehead atoms. The van der Waals surface area contributed by atoms with Crippen molar-refractivity contribution >= 4 is 41.2 Å². The molecule has 3 amide bonds. The number of β-lactam (4-membered cyclic amide) rings is 1. The molecule has 1 unspecified atom stereocenters. The first-order chi connectivity index (χ1) is 17.7. The van der Waals surface area contributed by atoms with Crippen LogP contribution in [0.15, 0.2) is 24.3 Å². The van der Waals surface area contributed by atoms with E-state index in [9.17, 15) is 34.2 Å². The third kappa shape index (κ3) is 5.22. The van der Waals surface area contributed by atoms with Gasteiger partial charge in [0.25, 0.3) is 5.91 Å². The van der Waals surface area contributed by atoms with Gasteiger partial charge in [-0.2, -0.15) is 0 Å². The maximum absolute atomic E-state index is 13.5. The fourth-order valence-electron chi connectivity index (χ4n) is 5.36. The van der Waals surface area contributed by atoms with Crippen LogP contribution in [0.1, 0.15) is 64.5 Å². The van der Waals surface area contributed by atoms with Crippen LogP contribution >= 0.6 is 11.8 Å². The van der Waals surface area contributed by atoms with Crippen LogP contribution in [0.3, 0.4) is 0 Å². The molecular weight excluding hydrogens is 535 g/mol. The number of carboxylic acids is 1. The molecule has 0 saturated carbocycles. The number of rotatable bonds is 7. The molecule has 202 valence electrons. The summed E-state index contributed by atoms with van der Waals surface area (Å²) in [5.74, 6) is -3.43. The van der Waals surface area contributed by atoms with Crippen molar-refractivity contribution in [2.75, 3.05) is 0 Å². The molecule has 1 aromatic carbocycles. The molecule has 0 radical (unpaired) electrons. The zero-order valence-corrected chi connectivity index (χ0v) is 25.6. The fraction of sp³-hybridized carbons (Fsp3) is 0.423. The maximum Gasteiger partial charge on any atom is 1.00 e. The van der Waals surface area contributed by atoms with Crippen molar-refractivity contribution in [3.8, 4) is 5.75 Å². The molecule has 2 saturated heterocycles. The van der Waals surface area contributed by atoms with Crippen molar-refractivity contribution < 1.29 is 63.7 Å². The van der Waals surface area contributed by atoms with E-state index in [1.807, 2.05) is 0 Å². The minimum absolute atomic E-state index is 0. The summed E-state index contributed by atoms with van der Waals surface area (Å²) in [6, 6.07) is 2.08. The van der Waals surface area contributed by atoms with Crippen molar-refractivity contribution in [2.45, 2.75) is 62.9 Å². The Morgan fingerprint density at radius 1 is 1.13 bits per heavy atom. The summed E-state index contributed by atoms with van der Waals surface area (Å²) in [4.78, 5) is 65.0. The Kier molecular flexibility index (Phi) is 8.66. The zero-order chi connectivity index (χ0) is 28.3. The third-order valence-electron chi connectivity index (χ3n) is 7.22. The number of amides is 3. The van der Waals surface area contributed by atoms with Gasteiger partial charge >= 0.3 is 35.5 Å². The Balaban J connectivity index is 0.00000420. The van der Waals surface area contributed by atoms with Gasteiger partial charge in [-0.25, -0.2) is 4.79 Å². The van der Waals surface area contributed by atoms with E-state index in [2.05, 4.69) is 10.6 Å². The number of carbonyl (C=O) groups excluding carboxylic acids is 4. The Labute approximate surface area is 252 Å². The second kappa shape index (κ2) is 11.0. The average Bonchev–Trinajstić information content (AvgIpc) is 3.22. The molecule has 0 spiro atoms. The number of thioether (sulfide) groups is 1. The van der Waals surface area contributed by atoms with Gasteiger partial charge in [-0.05, 0) is 45.7 Å². The molecule has 39 heavy (non-hydrogen) atoms. The number of fused-ring (bicyclic) bond motifs is 1. The van der Waals surface area contributed by atoms with Crippen LogP contribution in [-0.4, -0.2) is 66.3 Å². The van der Waals surface area contributed by atoms with E-state index in [1.165, 1.54) is 47.9 Å². The summed E-state index contributed by atoms with van der Waals surface area (Å²) in [6.45, 7) is 8.24. The number of Topliss-reactive ketones (excluding diaryl/α,β-unsaturated/α-hetero) is 1. The van der Waals surface area contributed by atoms with E-state index < -0.39 is 51.9 Å². The van der Waals surface area contributed by atoms with Crippen LogP contribution in [0.4, 0.5) is 0 Å². The predicted octanol–water partition coefficient (Wildman–Crippen LogP) is -1.98. The van der Waals surface area contributed by atoms with E-state index in [4.69, 9.17) is 0 Å². The Hall–Kier alpha value is -2.80. The molecule has 4 rings (SSSR count). The second-order valence-electron chi connectivity index (χ2n) is 10.1. The number of benzene rings is 1. The molecule has 2 aliphatic heterocycles. The van der Waals surface area contributed by atoms with Crippen molar-refractivity contribution in [2.24, 2.45) is 7.05 Å². The van der Waals surface area contributed by atoms with E-state index in [-0.39, 0.29) is 46.8 Å². The number of hydrogen-bond donors (Lipinski definition) is 3. The Bertz CT molecular complexity index is 1370. The largest absolute Gasteiger partial charge is 1.00 e. The molecule has 0 aliphatic carbocycles. The van der Waals surface area contributed by atoms with Gasteiger partial charge < -0.3 is 30.3 Å². The molecule has 2 fully saturated rings. The van der Waals surface area contributed by atoms with Crippen molar-refractivity contribution in [3.63, 3.8) is 0 Å². The molecule has 4 atom stereocenters. The average molecular weight is 565 g/mol. The van der Waals surface area contributed by atoms with Gasteiger partial charge in [-0.3, -0.25) is 19.2 Å². The smallest absolute Gasteiger partial charge is 0.872 e. The fourth-order valence-corrected chi connectivity index (χ4v) is 6.99. The number of carbonyl (C=O) groups is 5. The summed E-state index contributed by atoms with van der Waals surface area (Å²) < 4.78 is 0.813. The quantitative estimate of drug-likeness (QED) is 0.198. The molecule has 2 aliphatic rings. The topological polar surface area (TPSA) is 161 Å². The van der Waals surface area contributed by atoms with Crippen LogP contribution in [0.2, 0.25) is 0 Å². The number of hydrogen-bond acceptors (Lipinski definition) is 7. The van der Waals surface area contributed by atoms with Gasteiger partial charge in [0, 0.05) is 23.1 Å². The minimum atomic E-state index is -1.27. The summed E-state index contributed by atoms with van der Waals surface area (Å²) >= 11 is 1.28. The monoisotopic (exact) mass is 564 g/mol. The van der Waals surface area contributed by atoms with E-state index in [1.54, 1.807) is 39.3 Å². The van der Waals surface area contributed by atoms with Gasteiger partial charge in [-0.1, -0.05) is 24.3 Å². The standard InChI is InChI=1S/C26H30N4O7S.Na/c1-11-16(13(3)31)12(2)29(6)19(11)22(34)27-17(14-7-9-15(32)10-8-14)21(33)28-18-23(35)30-20(25(36)37)26(4,5)38-24(18)30;/h7-10,17-18,20,24,32H,1-6H3,(H,27,34)(H,28,33)(H,36,37);/q;+1/p-1/t17?,18-,20+,24-;/m1./s1. The number of carboxylic acid groups (broad SMARTS) is 1. The van der Waals surface area contributed by atoms with Crippen molar-refractivity contribution in [1.29, 1.82) is 0 Å². The number of nitrogens with zero attached hydrogens (tertiary/aromatic N) is 2. The molecule has 3 N–H and O–H groups in total. The molecule has 11 nitrogen and oxygen atoms in total. The number of ketones is 1. The van der Waals surface area contributed by atoms with Crippen LogP contribution < -0.4 is 45.3 Å².